The van der Waals surface area contributed by atoms with Gasteiger partial charge in [-0.25, -0.2) is 13.2 Å². The quantitative estimate of drug-likeness (QED) is 0.847. The van der Waals surface area contributed by atoms with Crippen molar-refractivity contribution >= 4 is 21.5 Å². The molecule has 1 heterocycles. The van der Waals surface area contributed by atoms with Gasteiger partial charge in [0.1, 0.15) is 0 Å². The van der Waals surface area contributed by atoms with Crippen LogP contribution in [-0.4, -0.2) is 36.8 Å². The first kappa shape index (κ1) is 17.5. The molecule has 1 aromatic carbocycles. The lowest BCUT2D eigenvalue weighted by Gasteiger charge is -2.28. The van der Waals surface area contributed by atoms with Gasteiger partial charge < -0.3 is 4.74 Å². The molecule has 0 aliphatic carbocycles. The zero-order valence-electron chi connectivity index (χ0n) is 13.7. The Hall–Kier alpha value is -1.89. The highest BCUT2D eigenvalue weighted by atomic mass is 32.2. The molecule has 0 aromatic heterocycles. The van der Waals surface area contributed by atoms with E-state index in [1.54, 1.807) is 52.0 Å². The molecule has 7 heteroatoms. The number of carbonyl (C=O) groups excluding carboxylic acids is 1. The predicted molar refractivity (Wildman–Crippen MR) is 88.8 cm³/mol. The van der Waals surface area contributed by atoms with Crippen molar-refractivity contribution in [3.63, 3.8) is 0 Å². The molecule has 0 spiro atoms. The van der Waals surface area contributed by atoms with Crippen molar-refractivity contribution in [1.29, 1.82) is 0 Å². The van der Waals surface area contributed by atoms with Crippen LogP contribution in [0.25, 0.3) is 0 Å². The molecular formula is C16H22N2O4S. The monoisotopic (exact) mass is 338 g/mol. The second-order valence-corrected chi connectivity index (χ2v) is 9.14. The fourth-order valence-corrected chi connectivity index (χ4v) is 4.02. The van der Waals surface area contributed by atoms with Crippen LogP contribution in [0.1, 0.15) is 39.2 Å². The Kier molecular flexibility index (Phi) is 4.79. The van der Waals surface area contributed by atoms with E-state index in [9.17, 15) is 13.2 Å². The molecular weight excluding hydrogens is 316 g/mol. The number of hydrogen-bond donors (Lipinski definition) is 1. The van der Waals surface area contributed by atoms with E-state index in [0.29, 0.717) is 5.56 Å². The molecule has 126 valence electrons. The summed E-state index contributed by atoms with van der Waals surface area (Å²) in [4.78, 5) is 12.2. The van der Waals surface area contributed by atoms with E-state index in [2.05, 4.69) is 10.5 Å². The van der Waals surface area contributed by atoms with Gasteiger partial charge in [0, 0.05) is 0 Å². The van der Waals surface area contributed by atoms with Crippen LogP contribution >= 0.6 is 0 Å². The SMILES string of the molecule is CCOC(=O)C1=NNC(S(=O)(=O)C(C)(C)C)C1c1ccccc1. The number of esters is 1. The number of hydrazone groups is 1. The molecule has 1 aliphatic heterocycles. The number of benzene rings is 1. The average Bonchev–Trinajstić information content (AvgIpc) is 2.92. The summed E-state index contributed by atoms with van der Waals surface area (Å²) >= 11 is 0. The summed E-state index contributed by atoms with van der Waals surface area (Å²) < 4.78 is 29.8. The highest BCUT2D eigenvalue weighted by molar-refractivity contribution is 7.93. The fraction of sp³-hybridized carbons (Fsp3) is 0.500. The van der Waals surface area contributed by atoms with Gasteiger partial charge in [-0.1, -0.05) is 30.3 Å². The van der Waals surface area contributed by atoms with E-state index in [1.807, 2.05) is 6.07 Å². The summed E-state index contributed by atoms with van der Waals surface area (Å²) in [7, 11) is -3.59. The first-order valence-corrected chi connectivity index (χ1v) is 9.03. The Morgan fingerprint density at radius 1 is 1.26 bits per heavy atom. The maximum atomic E-state index is 12.9. The number of sulfone groups is 1. The molecule has 0 saturated heterocycles. The van der Waals surface area contributed by atoms with E-state index in [4.69, 9.17) is 4.74 Å². The topological polar surface area (TPSA) is 84.8 Å². The van der Waals surface area contributed by atoms with Crippen LogP contribution in [0.3, 0.4) is 0 Å². The largest absolute Gasteiger partial charge is 0.461 e. The van der Waals surface area contributed by atoms with E-state index in [-0.39, 0.29) is 12.3 Å². The molecule has 0 bridgehead atoms. The number of ether oxygens (including phenoxy) is 1. The van der Waals surface area contributed by atoms with Gasteiger partial charge in [-0.15, -0.1) is 0 Å². The third-order valence-electron chi connectivity index (χ3n) is 3.74. The first-order chi connectivity index (χ1) is 10.7. The van der Waals surface area contributed by atoms with E-state index in [1.165, 1.54) is 0 Å². The molecule has 1 N–H and O–H groups in total. The van der Waals surface area contributed by atoms with E-state index in [0.717, 1.165) is 0 Å². The summed E-state index contributed by atoms with van der Waals surface area (Å²) in [6.45, 7) is 6.80. The van der Waals surface area contributed by atoms with Gasteiger partial charge in [-0.2, -0.15) is 5.10 Å². The smallest absolute Gasteiger partial charge is 0.355 e. The van der Waals surface area contributed by atoms with Crippen molar-refractivity contribution in [2.45, 2.75) is 43.7 Å². The standard InChI is InChI=1S/C16H22N2O4S/c1-5-22-15(19)13-12(11-9-7-6-8-10-11)14(18-17-13)23(20,21)16(2,3)4/h6-10,12,14,18H,5H2,1-4H3. The van der Waals surface area contributed by atoms with Crippen molar-refractivity contribution < 1.29 is 17.9 Å². The minimum Gasteiger partial charge on any atom is -0.461 e. The highest BCUT2D eigenvalue weighted by Crippen LogP contribution is 2.34. The molecule has 6 nitrogen and oxygen atoms in total. The van der Waals surface area contributed by atoms with Crippen LogP contribution in [0.4, 0.5) is 0 Å². The lowest BCUT2D eigenvalue weighted by Crippen LogP contribution is -2.46. The Balaban J connectivity index is 2.49. The molecule has 0 fully saturated rings. The Morgan fingerprint density at radius 2 is 1.87 bits per heavy atom. The zero-order chi connectivity index (χ0) is 17.3. The van der Waals surface area contributed by atoms with E-state index >= 15 is 0 Å². The van der Waals surface area contributed by atoms with Crippen LogP contribution in [0.5, 0.6) is 0 Å². The number of rotatable bonds is 4. The zero-order valence-corrected chi connectivity index (χ0v) is 14.6. The molecule has 23 heavy (non-hydrogen) atoms. The van der Waals surface area contributed by atoms with Crippen molar-refractivity contribution in [2.75, 3.05) is 6.61 Å². The minimum atomic E-state index is -3.59. The molecule has 2 atom stereocenters. The van der Waals surface area contributed by atoms with Crippen LogP contribution in [-0.2, 0) is 19.4 Å². The van der Waals surface area contributed by atoms with Crippen molar-refractivity contribution in [3.8, 4) is 0 Å². The first-order valence-electron chi connectivity index (χ1n) is 7.48. The van der Waals surface area contributed by atoms with Gasteiger partial charge >= 0.3 is 5.97 Å². The minimum absolute atomic E-state index is 0.0934. The Morgan fingerprint density at radius 3 is 2.39 bits per heavy atom. The summed E-state index contributed by atoms with van der Waals surface area (Å²) in [5, 5.41) is 2.99. The van der Waals surface area contributed by atoms with Crippen molar-refractivity contribution in [3.05, 3.63) is 35.9 Å². The molecule has 1 aliphatic rings. The lowest BCUT2D eigenvalue weighted by molar-refractivity contribution is -0.135. The second kappa shape index (κ2) is 6.31. The van der Waals surface area contributed by atoms with E-state index < -0.39 is 31.8 Å². The summed E-state index contributed by atoms with van der Waals surface area (Å²) in [6, 6.07) is 9.02. The Bertz CT molecular complexity index is 705. The number of hydrogen-bond acceptors (Lipinski definition) is 6. The second-order valence-electron chi connectivity index (χ2n) is 6.31. The number of nitrogens with zero attached hydrogens (tertiary/aromatic N) is 1. The molecule has 1 aromatic rings. The van der Waals surface area contributed by atoms with Gasteiger partial charge in [0.25, 0.3) is 0 Å². The van der Waals surface area contributed by atoms with Crippen LogP contribution in [0.15, 0.2) is 35.4 Å². The molecule has 0 radical (unpaired) electrons. The summed E-state index contributed by atoms with van der Waals surface area (Å²) in [6.07, 6.45) is 0. The van der Waals surface area contributed by atoms with Gasteiger partial charge in [-0.3, -0.25) is 5.43 Å². The highest BCUT2D eigenvalue weighted by Gasteiger charge is 2.48. The molecule has 0 amide bonds. The normalized spacial score (nSPS) is 21.5. The lowest BCUT2D eigenvalue weighted by atomic mass is 9.94. The maximum Gasteiger partial charge on any atom is 0.355 e. The van der Waals surface area contributed by atoms with Gasteiger partial charge in [0.05, 0.1) is 17.3 Å². The Labute approximate surface area is 136 Å². The maximum absolute atomic E-state index is 12.9. The van der Waals surface area contributed by atoms with Crippen LogP contribution < -0.4 is 5.43 Å². The summed E-state index contributed by atoms with van der Waals surface area (Å²) in [5.41, 5.74) is 3.44. The summed E-state index contributed by atoms with van der Waals surface area (Å²) in [5.74, 6) is -1.29. The van der Waals surface area contributed by atoms with Crippen molar-refractivity contribution in [1.82, 2.24) is 5.43 Å². The third-order valence-corrected chi connectivity index (χ3v) is 6.49. The third kappa shape index (κ3) is 3.24. The number of nitrogens with one attached hydrogen (secondary N) is 1. The molecule has 2 unspecified atom stereocenters. The van der Waals surface area contributed by atoms with Crippen LogP contribution in [0, 0.1) is 0 Å². The predicted octanol–water partition coefficient (Wildman–Crippen LogP) is 1.83. The average molecular weight is 338 g/mol. The molecule has 2 rings (SSSR count). The van der Waals surface area contributed by atoms with Gasteiger partial charge in [0.2, 0.25) is 0 Å². The van der Waals surface area contributed by atoms with Gasteiger partial charge in [-0.05, 0) is 33.3 Å². The molecule has 0 saturated carbocycles. The fourth-order valence-electron chi connectivity index (χ4n) is 2.42. The van der Waals surface area contributed by atoms with Crippen LogP contribution in [0.2, 0.25) is 0 Å². The van der Waals surface area contributed by atoms with Gasteiger partial charge in [0.15, 0.2) is 20.9 Å². The number of carbonyl (C=O) groups is 1. The van der Waals surface area contributed by atoms with Crippen molar-refractivity contribution in [2.24, 2.45) is 5.10 Å².